The lowest BCUT2D eigenvalue weighted by Crippen LogP contribution is -2.31. The second-order valence-electron chi connectivity index (χ2n) is 5.06. The van der Waals surface area contributed by atoms with Gasteiger partial charge < -0.3 is 5.11 Å². The van der Waals surface area contributed by atoms with E-state index in [-0.39, 0.29) is 6.54 Å². The Hall–Kier alpha value is -1.94. The summed E-state index contributed by atoms with van der Waals surface area (Å²) in [6.07, 6.45) is 4.01. The molecule has 1 N–H and O–H groups in total. The first-order valence-electron chi connectivity index (χ1n) is 6.52. The van der Waals surface area contributed by atoms with Crippen LogP contribution in [0.1, 0.15) is 18.4 Å². The average Bonchev–Trinajstić information content (AvgIpc) is 3.21. The van der Waals surface area contributed by atoms with E-state index in [2.05, 4.69) is 11.1 Å². The van der Waals surface area contributed by atoms with E-state index in [4.69, 9.17) is 5.11 Å². The molecule has 1 fully saturated rings. The van der Waals surface area contributed by atoms with Gasteiger partial charge in [0.2, 0.25) is 0 Å². The van der Waals surface area contributed by atoms with Crippen molar-refractivity contribution in [3.8, 4) is 0 Å². The highest BCUT2D eigenvalue weighted by atomic mass is 16.4. The molecule has 0 radical (unpaired) electrons. The van der Waals surface area contributed by atoms with Crippen LogP contribution in [0.2, 0.25) is 0 Å². The smallest absolute Gasteiger partial charge is 0.317 e. The molecule has 4 nitrogen and oxygen atoms in total. The molecule has 0 aliphatic heterocycles. The third-order valence-electron chi connectivity index (χ3n) is 3.45. The molecular weight excluding hydrogens is 240 g/mol. The van der Waals surface area contributed by atoms with E-state index in [1.807, 2.05) is 29.2 Å². The fraction of sp³-hybridized carbons (Fsp3) is 0.333. The van der Waals surface area contributed by atoms with Crippen LogP contribution in [0.15, 0.2) is 36.5 Å². The van der Waals surface area contributed by atoms with Crippen LogP contribution in [0, 0.1) is 0 Å². The third-order valence-corrected chi connectivity index (χ3v) is 3.45. The van der Waals surface area contributed by atoms with Crippen LogP contribution in [-0.4, -0.2) is 33.5 Å². The number of carboxylic acid groups (broad SMARTS) is 1. The monoisotopic (exact) mass is 256 g/mol. The molecule has 2 aromatic rings. The van der Waals surface area contributed by atoms with E-state index in [0.717, 1.165) is 29.3 Å². The van der Waals surface area contributed by atoms with Gasteiger partial charge in [-0.25, -0.2) is 0 Å². The van der Waals surface area contributed by atoms with Crippen LogP contribution >= 0.6 is 0 Å². The molecule has 1 aromatic carbocycles. The highest BCUT2D eigenvalue weighted by Gasteiger charge is 2.30. The Morgan fingerprint density at radius 1 is 1.37 bits per heavy atom. The topological polar surface area (TPSA) is 53.4 Å². The van der Waals surface area contributed by atoms with Gasteiger partial charge in [-0.1, -0.05) is 12.1 Å². The Morgan fingerprint density at radius 2 is 2.21 bits per heavy atom. The molecular formula is C15H16N2O2. The third kappa shape index (κ3) is 2.90. The maximum Gasteiger partial charge on any atom is 0.317 e. The van der Waals surface area contributed by atoms with Crippen LogP contribution in [-0.2, 0) is 11.3 Å². The Kier molecular flexibility index (Phi) is 3.17. The van der Waals surface area contributed by atoms with Crippen molar-refractivity contribution in [3.63, 3.8) is 0 Å². The van der Waals surface area contributed by atoms with Crippen molar-refractivity contribution in [2.24, 2.45) is 0 Å². The summed E-state index contributed by atoms with van der Waals surface area (Å²) in [5.74, 6) is -0.755. The Morgan fingerprint density at radius 3 is 2.95 bits per heavy atom. The number of carbonyl (C=O) groups is 1. The lowest BCUT2D eigenvalue weighted by molar-refractivity contribution is -0.138. The second-order valence-corrected chi connectivity index (χ2v) is 5.06. The number of benzene rings is 1. The Balaban J connectivity index is 1.80. The maximum atomic E-state index is 10.9. The minimum Gasteiger partial charge on any atom is -0.480 e. The number of fused-ring (bicyclic) bond motifs is 1. The van der Waals surface area contributed by atoms with Gasteiger partial charge in [-0.15, -0.1) is 0 Å². The fourth-order valence-corrected chi connectivity index (χ4v) is 2.39. The van der Waals surface area contributed by atoms with Crippen molar-refractivity contribution in [1.29, 1.82) is 0 Å². The highest BCUT2D eigenvalue weighted by Crippen LogP contribution is 2.28. The summed E-state index contributed by atoms with van der Waals surface area (Å²) in [6.45, 7) is 0.817. The van der Waals surface area contributed by atoms with Crippen LogP contribution in [0.3, 0.4) is 0 Å². The van der Waals surface area contributed by atoms with Gasteiger partial charge in [0.15, 0.2) is 0 Å². The average molecular weight is 256 g/mol. The molecule has 1 saturated carbocycles. The maximum absolute atomic E-state index is 10.9. The molecule has 0 amide bonds. The summed E-state index contributed by atoms with van der Waals surface area (Å²) in [4.78, 5) is 17.2. The molecule has 1 aliphatic rings. The number of rotatable bonds is 5. The first kappa shape index (κ1) is 12.1. The first-order valence-corrected chi connectivity index (χ1v) is 6.52. The lowest BCUT2D eigenvalue weighted by atomic mass is 10.1. The predicted molar refractivity (Wildman–Crippen MR) is 72.8 cm³/mol. The van der Waals surface area contributed by atoms with E-state index < -0.39 is 5.97 Å². The highest BCUT2D eigenvalue weighted by molar-refractivity contribution is 5.78. The summed E-state index contributed by atoms with van der Waals surface area (Å²) < 4.78 is 0. The van der Waals surface area contributed by atoms with Crippen molar-refractivity contribution in [1.82, 2.24) is 9.88 Å². The van der Waals surface area contributed by atoms with Crippen molar-refractivity contribution < 1.29 is 9.90 Å². The SMILES string of the molecule is O=C(O)CN(Cc1ccc2ncccc2c1)C1CC1. The van der Waals surface area contributed by atoms with E-state index in [0.29, 0.717) is 12.6 Å². The van der Waals surface area contributed by atoms with Crippen molar-refractivity contribution in [2.75, 3.05) is 6.54 Å². The first-order chi connectivity index (χ1) is 9.22. The normalized spacial score (nSPS) is 15.0. The minimum absolute atomic E-state index is 0.121. The molecule has 19 heavy (non-hydrogen) atoms. The Labute approximate surface area is 111 Å². The van der Waals surface area contributed by atoms with Crippen LogP contribution in [0.25, 0.3) is 10.9 Å². The summed E-state index contributed by atoms with van der Waals surface area (Å²) in [7, 11) is 0. The van der Waals surface area contributed by atoms with Crippen LogP contribution in [0.5, 0.6) is 0 Å². The molecule has 0 saturated heterocycles. The number of aromatic nitrogens is 1. The lowest BCUT2D eigenvalue weighted by Gasteiger charge is -2.19. The van der Waals surface area contributed by atoms with Gasteiger partial charge in [-0.3, -0.25) is 14.7 Å². The largest absolute Gasteiger partial charge is 0.480 e. The van der Waals surface area contributed by atoms with Crippen molar-refractivity contribution in [3.05, 3.63) is 42.1 Å². The molecule has 0 spiro atoms. The zero-order valence-corrected chi connectivity index (χ0v) is 10.6. The van der Waals surface area contributed by atoms with E-state index in [9.17, 15) is 4.79 Å². The minimum atomic E-state index is -0.755. The molecule has 1 aromatic heterocycles. The number of pyridine rings is 1. The molecule has 98 valence electrons. The fourth-order valence-electron chi connectivity index (χ4n) is 2.39. The summed E-state index contributed by atoms with van der Waals surface area (Å²) in [5.41, 5.74) is 2.12. The van der Waals surface area contributed by atoms with Gasteiger partial charge in [0.05, 0.1) is 12.1 Å². The molecule has 3 rings (SSSR count). The van der Waals surface area contributed by atoms with Crippen molar-refractivity contribution in [2.45, 2.75) is 25.4 Å². The zero-order chi connectivity index (χ0) is 13.2. The number of nitrogens with zero attached hydrogens (tertiary/aromatic N) is 2. The van der Waals surface area contributed by atoms with Gasteiger partial charge in [0, 0.05) is 24.2 Å². The predicted octanol–water partition coefficient (Wildman–Crippen LogP) is 2.28. The van der Waals surface area contributed by atoms with Crippen molar-refractivity contribution >= 4 is 16.9 Å². The summed E-state index contributed by atoms with van der Waals surface area (Å²) in [5, 5.41) is 10.1. The molecule has 1 aliphatic carbocycles. The molecule has 0 bridgehead atoms. The molecule has 0 atom stereocenters. The van der Waals surface area contributed by atoms with E-state index in [1.54, 1.807) is 6.20 Å². The number of hydrogen-bond donors (Lipinski definition) is 1. The molecule has 1 heterocycles. The summed E-state index contributed by atoms with van der Waals surface area (Å²) >= 11 is 0. The zero-order valence-electron chi connectivity index (χ0n) is 10.6. The van der Waals surface area contributed by atoms with Gasteiger partial charge in [-0.05, 0) is 36.6 Å². The Bertz CT molecular complexity index is 608. The molecule has 0 unspecified atom stereocenters. The van der Waals surface area contributed by atoms with Gasteiger partial charge in [-0.2, -0.15) is 0 Å². The van der Waals surface area contributed by atoms with Crippen LogP contribution < -0.4 is 0 Å². The summed E-state index contributed by atoms with van der Waals surface area (Å²) in [6, 6.07) is 10.5. The second kappa shape index (κ2) is 4.97. The van der Waals surface area contributed by atoms with Crippen LogP contribution in [0.4, 0.5) is 0 Å². The van der Waals surface area contributed by atoms with Gasteiger partial charge >= 0.3 is 5.97 Å². The standard InChI is InChI=1S/C15H16N2O2/c18-15(19)10-17(13-4-5-13)9-11-3-6-14-12(8-11)2-1-7-16-14/h1-3,6-8,13H,4-5,9-10H2,(H,18,19). The van der Waals surface area contributed by atoms with Gasteiger partial charge in [0.25, 0.3) is 0 Å². The van der Waals surface area contributed by atoms with E-state index >= 15 is 0 Å². The molecule has 4 heteroatoms. The number of aliphatic carboxylic acids is 1. The number of hydrogen-bond acceptors (Lipinski definition) is 3. The van der Waals surface area contributed by atoms with Gasteiger partial charge in [0.1, 0.15) is 0 Å². The van der Waals surface area contributed by atoms with E-state index in [1.165, 1.54) is 0 Å². The number of carboxylic acids is 1. The quantitative estimate of drug-likeness (QED) is 0.891.